The van der Waals surface area contributed by atoms with Crippen LogP contribution in [0.3, 0.4) is 0 Å². The van der Waals surface area contributed by atoms with E-state index < -0.39 is 17.3 Å². The number of rotatable bonds is 9. The molecule has 172 valence electrons. The molecule has 2 aromatic rings. The van der Waals surface area contributed by atoms with Crippen LogP contribution in [-0.4, -0.2) is 49.0 Å². The first-order chi connectivity index (χ1) is 15.3. The molecule has 9 heteroatoms. The van der Waals surface area contributed by atoms with Gasteiger partial charge in [0.2, 0.25) is 0 Å². The predicted molar refractivity (Wildman–Crippen MR) is 117 cm³/mol. The van der Waals surface area contributed by atoms with Crippen LogP contribution in [-0.2, 0) is 16.0 Å². The van der Waals surface area contributed by atoms with Crippen LogP contribution in [0.15, 0.2) is 29.2 Å². The molecule has 1 amide bonds. The smallest absolute Gasteiger partial charge is 0.341 e. The monoisotopic (exact) mass is 444 g/mol. The highest BCUT2D eigenvalue weighted by molar-refractivity contribution is 5.98. The van der Waals surface area contributed by atoms with Crippen molar-refractivity contribution in [3.8, 4) is 17.0 Å². The van der Waals surface area contributed by atoms with Crippen LogP contribution in [0.4, 0.5) is 0 Å². The second-order valence-corrected chi connectivity index (χ2v) is 8.00. The number of hydrogen-bond donors (Lipinski definition) is 2. The van der Waals surface area contributed by atoms with Gasteiger partial charge in [-0.2, -0.15) is 0 Å². The van der Waals surface area contributed by atoms with E-state index in [4.69, 9.17) is 14.3 Å². The highest BCUT2D eigenvalue weighted by Crippen LogP contribution is 2.40. The van der Waals surface area contributed by atoms with Crippen LogP contribution in [0.5, 0.6) is 5.75 Å². The molecule has 0 radical (unpaired) electrons. The van der Waals surface area contributed by atoms with Crippen molar-refractivity contribution in [1.82, 2.24) is 10.0 Å². The number of aromatic nitrogens is 1. The Hall–Kier alpha value is -3.17. The zero-order valence-corrected chi connectivity index (χ0v) is 18.6. The Morgan fingerprint density at radius 2 is 1.94 bits per heavy atom. The maximum absolute atomic E-state index is 12.6. The molecule has 9 nitrogen and oxygen atoms in total. The van der Waals surface area contributed by atoms with Gasteiger partial charge in [0.25, 0.3) is 5.91 Å². The summed E-state index contributed by atoms with van der Waals surface area (Å²) in [6.45, 7) is 4.98. The lowest BCUT2D eigenvalue weighted by Crippen LogP contribution is -2.29. The number of fused-ring (bicyclic) bond motifs is 3. The number of carbonyl (C=O) groups excluding carboxylic acids is 1. The summed E-state index contributed by atoms with van der Waals surface area (Å²) < 4.78 is 12.8. The fourth-order valence-electron chi connectivity index (χ4n) is 3.94. The minimum absolute atomic E-state index is 0.0591. The first-order valence-corrected chi connectivity index (χ1v) is 10.4. The number of hydroxylamine groups is 1. The van der Waals surface area contributed by atoms with Crippen molar-refractivity contribution < 1.29 is 29.0 Å². The molecule has 0 fully saturated rings. The summed E-state index contributed by atoms with van der Waals surface area (Å²) in [6, 6.07) is 4.75. The van der Waals surface area contributed by atoms with Gasteiger partial charge in [-0.15, -0.1) is 0 Å². The van der Waals surface area contributed by atoms with Gasteiger partial charge in [-0.1, -0.05) is 13.8 Å². The Bertz CT molecular complexity index is 1070. The van der Waals surface area contributed by atoms with Crippen molar-refractivity contribution in [3.05, 3.63) is 51.3 Å². The molecule has 1 atom stereocenters. The second-order valence-electron chi connectivity index (χ2n) is 8.00. The minimum Gasteiger partial charge on any atom is -0.493 e. The van der Waals surface area contributed by atoms with Crippen molar-refractivity contribution in [2.24, 2.45) is 5.92 Å². The fraction of sp³-hybridized carbons (Fsp3) is 0.435. The number of hydrogen-bond acceptors (Lipinski definition) is 6. The Balaban J connectivity index is 2.17. The Morgan fingerprint density at radius 3 is 2.56 bits per heavy atom. The topological polar surface area (TPSA) is 116 Å². The third-order valence-electron chi connectivity index (χ3n) is 5.54. The molecule has 32 heavy (non-hydrogen) atoms. The Labute approximate surface area is 185 Å². The Morgan fingerprint density at radius 1 is 1.19 bits per heavy atom. The van der Waals surface area contributed by atoms with E-state index in [0.717, 1.165) is 5.56 Å². The van der Waals surface area contributed by atoms with Gasteiger partial charge in [-0.3, -0.25) is 14.4 Å². The SMILES string of the molecule is COCCCOc1cc2c(cc1C(=O)NOC)-c1cc(=O)c(C(=O)O)cn1C(C(C)C)C2. The van der Waals surface area contributed by atoms with Crippen molar-refractivity contribution >= 4 is 11.9 Å². The average molecular weight is 444 g/mol. The van der Waals surface area contributed by atoms with Crippen LogP contribution in [0, 0.1) is 5.92 Å². The number of nitrogens with zero attached hydrogens (tertiary/aromatic N) is 1. The molecule has 1 aromatic carbocycles. The lowest BCUT2D eigenvalue weighted by atomic mass is 9.86. The van der Waals surface area contributed by atoms with Crippen LogP contribution in [0.25, 0.3) is 11.3 Å². The molecule has 1 aliphatic rings. The number of ether oxygens (including phenoxy) is 2. The first-order valence-electron chi connectivity index (χ1n) is 10.4. The summed E-state index contributed by atoms with van der Waals surface area (Å²) in [5.74, 6) is -1.17. The second kappa shape index (κ2) is 9.97. The van der Waals surface area contributed by atoms with Crippen LogP contribution in [0.1, 0.15) is 52.6 Å². The van der Waals surface area contributed by atoms with Gasteiger partial charge in [0.1, 0.15) is 11.3 Å². The molecule has 0 aliphatic carbocycles. The summed E-state index contributed by atoms with van der Waals surface area (Å²) in [5.41, 5.74) is 3.87. The van der Waals surface area contributed by atoms with Crippen molar-refractivity contribution in [1.29, 1.82) is 0 Å². The first kappa shape index (κ1) is 23.5. The van der Waals surface area contributed by atoms with Gasteiger partial charge in [0.05, 0.1) is 25.0 Å². The van der Waals surface area contributed by atoms with Gasteiger partial charge < -0.3 is 19.1 Å². The number of carboxylic acids is 1. The van der Waals surface area contributed by atoms with Gasteiger partial charge >= 0.3 is 5.97 Å². The number of carbonyl (C=O) groups is 2. The number of carboxylic acid groups (broad SMARTS) is 1. The lowest BCUT2D eigenvalue weighted by Gasteiger charge is -2.34. The van der Waals surface area contributed by atoms with Crippen molar-refractivity contribution in [2.45, 2.75) is 32.7 Å². The van der Waals surface area contributed by atoms with E-state index in [1.54, 1.807) is 13.2 Å². The summed E-state index contributed by atoms with van der Waals surface area (Å²) in [5, 5.41) is 9.41. The number of amides is 1. The quantitative estimate of drug-likeness (QED) is 0.451. The molecule has 1 aromatic heterocycles. The zero-order valence-electron chi connectivity index (χ0n) is 18.6. The van der Waals surface area contributed by atoms with Crippen molar-refractivity contribution in [3.63, 3.8) is 0 Å². The van der Waals surface area contributed by atoms with Crippen LogP contribution in [0.2, 0.25) is 0 Å². The molecule has 3 rings (SSSR count). The van der Waals surface area contributed by atoms with Crippen LogP contribution < -0.4 is 15.6 Å². The Kier molecular flexibility index (Phi) is 7.32. The summed E-state index contributed by atoms with van der Waals surface area (Å²) >= 11 is 0. The lowest BCUT2D eigenvalue weighted by molar-refractivity contribution is 0.0533. The van der Waals surface area contributed by atoms with Gasteiger partial charge in [0, 0.05) is 44.0 Å². The van der Waals surface area contributed by atoms with Gasteiger partial charge in [0.15, 0.2) is 5.43 Å². The molecular formula is C23H28N2O7. The number of benzene rings is 1. The molecule has 1 unspecified atom stereocenters. The maximum Gasteiger partial charge on any atom is 0.341 e. The number of aromatic carboxylic acids is 1. The molecule has 1 aliphatic heterocycles. The fourth-order valence-corrected chi connectivity index (χ4v) is 3.94. The molecule has 0 saturated heterocycles. The maximum atomic E-state index is 12.6. The highest BCUT2D eigenvalue weighted by Gasteiger charge is 2.30. The van der Waals surface area contributed by atoms with E-state index in [1.807, 2.05) is 24.5 Å². The van der Waals surface area contributed by atoms with E-state index in [-0.39, 0.29) is 23.1 Å². The summed E-state index contributed by atoms with van der Waals surface area (Å²) in [6.07, 6.45) is 2.66. The van der Waals surface area contributed by atoms with Crippen molar-refractivity contribution in [2.75, 3.05) is 27.4 Å². The van der Waals surface area contributed by atoms with Gasteiger partial charge in [-0.25, -0.2) is 10.3 Å². The molecule has 0 saturated carbocycles. The molecule has 2 N–H and O–H groups in total. The van der Waals surface area contributed by atoms with E-state index in [0.29, 0.717) is 43.1 Å². The normalized spacial score (nSPS) is 14.6. The third kappa shape index (κ3) is 4.68. The average Bonchev–Trinajstić information content (AvgIpc) is 2.75. The van der Waals surface area contributed by atoms with E-state index in [2.05, 4.69) is 5.48 Å². The largest absolute Gasteiger partial charge is 0.493 e. The third-order valence-corrected chi connectivity index (χ3v) is 5.54. The number of methoxy groups -OCH3 is 1. The molecule has 2 heterocycles. The zero-order chi connectivity index (χ0) is 23.4. The van der Waals surface area contributed by atoms with Gasteiger partial charge in [-0.05, 0) is 30.0 Å². The van der Waals surface area contributed by atoms with Crippen LogP contribution >= 0.6 is 0 Å². The molecule has 0 bridgehead atoms. The van der Waals surface area contributed by atoms with E-state index >= 15 is 0 Å². The van der Waals surface area contributed by atoms with E-state index in [9.17, 15) is 19.5 Å². The number of nitrogens with one attached hydrogen (secondary N) is 1. The predicted octanol–water partition coefficient (Wildman–Crippen LogP) is 2.67. The summed E-state index contributed by atoms with van der Waals surface area (Å²) in [7, 11) is 2.95. The van der Waals surface area contributed by atoms with E-state index in [1.165, 1.54) is 19.4 Å². The molecule has 0 spiro atoms. The minimum atomic E-state index is -1.27. The highest BCUT2D eigenvalue weighted by atomic mass is 16.6. The molecular weight excluding hydrogens is 416 g/mol. The summed E-state index contributed by atoms with van der Waals surface area (Å²) in [4.78, 5) is 41.4. The standard InChI is InChI=1S/C23H28N2O7/c1-13(2)18-8-14-9-21(32-7-5-6-30-3)16(22(27)24-31-4)10-15(14)19-11-20(26)17(23(28)29)12-25(18)19/h9-13,18H,5-8H2,1-4H3,(H,24,27)(H,28,29). The number of pyridine rings is 1.